The molecule has 1 aromatic carbocycles. The molecule has 0 spiro atoms. The first-order valence-electron chi connectivity index (χ1n) is 5.85. The summed E-state index contributed by atoms with van der Waals surface area (Å²) in [6.45, 7) is 7.99. The van der Waals surface area contributed by atoms with Gasteiger partial charge in [-0.15, -0.1) is 6.58 Å². The van der Waals surface area contributed by atoms with E-state index in [-0.39, 0.29) is 10.9 Å². The maximum Gasteiger partial charge on any atom is 0.243 e. The van der Waals surface area contributed by atoms with Crippen molar-refractivity contribution in [2.45, 2.75) is 31.3 Å². The number of nitrogens with zero attached hydrogens (tertiary/aromatic N) is 1. The van der Waals surface area contributed by atoms with Gasteiger partial charge in [0.15, 0.2) is 0 Å². The number of rotatable bonds is 6. The Balaban J connectivity index is 3.13. The minimum Gasteiger partial charge on any atom is -0.326 e. The first-order valence-corrected chi connectivity index (χ1v) is 7.29. The molecule has 0 aliphatic heterocycles. The highest BCUT2D eigenvalue weighted by Crippen LogP contribution is 2.18. The fraction of sp³-hybridized carbons (Fsp3) is 0.385. The Kier molecular flexibility index (Phi) is 5.07. The SMILES string of the molecule is C=CCN(C(C)C)S(=O)(=O)c1ccc(CN)cc1. The molecule has 0 heterocycles. The second-order valence-corrected chi connectivity index (χ2v) is 6.20. The summed E-state index contributed by atoms with van der Waals surface area (Å²) in [7, 11) is -3.47. The highest BCUT2D eigenvalue weighted by molar-refractivity contribution is 7.89. The van der Waals surface area contributed by atoms with Gasteiger partial charge in [0, 0.05) is 19.1 Å². The van der Waals surface area contributed by atoms with Crippen molar-refractivity contribution in [1.29, 1.82) is 0 Å². The van der Waals surface area contributed by atoms with Crippen LogP contribution in [0.5, 0.6) is 0 Å². The van der Waals surface area contributed by atoms with Crippen LogP contribution in [0.4, 0.5) is 0 Å². The van der Waals surface area contributed by atoms with E-state index in [4.69, 9.17) is 5.73 Å². The summed E-state index contributed by atoms with van der Waals surface area (Å²) in [4.78, 5) is 0.287. The van der Waals surface area contributed by atoms with Gasteiger partial charge in [-0.05, 0) is 31.5 Å². The third-order valence-corrected chi connectivity index (χ3v) is 4.71. The van der Waals surface area contributed by atoms with Gasteiger partial charge in [0.25, 0.3) is 0 Å². The van der Waals surface area contributed by atoms with Crippen LogP contribution >= 0.6 is 0 Å². The molecule has 2 N–H and O–H groups in total. The maximum atomic E-state index is 12.4. The third-order valence-electron chi connectivity index (χ3n) is 2.65. The maximum absolute atomic E-state index is 12.4. The minimum absolute atomic E-state index is 0.109. The highest BCUT2D eigenvalue weighted by Gasteiger charge is 2.25. The summed E-state index contributed by atoms with van der Waals surface area (Å²) in [6, 6.07) is 6.55. The molecule has 100 valence electrons. The molecule has 18 heavy (non-hydrogen) atoms. The molecule has 0 unspecified atom stereocenters. The van der Waals surface area contributed by atoms with Crippen LogP contribution in [-0.4, -0.2) is 25.3 Å². The smallest absolute Gasteiger partial charge is 0.243 e. The number of hydrogen-bond donors (Lipinski definition) is 1. The highest BCUT2D eigenvalue weighted by atomic mass is 32.2. The third kappa shape index (κ3) is 3.19. The Hall–Kier alpha value is -1.17. The van der Waals surface area contributed by atoms with Gasteiger partial charge in [0.05, 0.1) is 4.90 Å². The molecule has 0 aromatic heterocycles. The van der Waals surface area contributed by atoms with Crippen molar-refractivity contribution in [3.05, 3.63) is 42.5 Å². The van der Waals surface area contributed by atoms with Crippen molar-refractivity contribution in [2.24, 2.45) is 5.73 Å². The molecule has 1 aromatic rings. The van der Waals surface area contributed by atoms with E-state index in [2.05, 4.69) is 6.58 Å². The summed E-state index contributed by atoms with van der Waals surface area (Å²) in [5.74, 6) is 0. The minimum atomic E-state index is -3.47. The van der Waals surface area contributed by atoms with Crippen LogP contribution < -0.4 is 5.73 Å². The Morgan fingerprint density at radius 3 is 2.28 bits per heavy atom. The van der Waals surface area contributed by atoms with Crippen LogP contribution in [0.15, 0.2) is 41.8 Å². The van der Waals surface area contributed by atoms with E-state index in [9.17, 15) is 8.42 Å². The molecule has 0 saturated heterocycles. The van der Waals surface area contributed by atoms with Crippen LogP contribution in [-0.2, 0) is 16.6 Å². The van der Waals surface area contributed by atoms with Crippen LogP contribution in [0.1, 0.15) is 19.4 Å². The monoisotopic (exact) mass is 268 g/mol. The van der Waals surface area contributed by atoms with Gasteiger partial charge < -0.3 is 5.73 Å². The van der Waals surface area contributed by atoms with Crippen LogP contribution in [0.2, 0.25) is 0 Å². The Bertz CT molecular complexity index is 492. The number of benzene rings is 1. The van der Waals surface area contributed by atoms with Gasteiger partial charge in [-0.25, -0.2) is 8.42 Å². The lowest BCUT2D eigenvalue weighted by Gasteiger charge is -2.24. The standard InChI is InChI=1S/C13H20N2O2S/c1-4-9-15(11(2)3)18(16,17)13-7-5-12(10-14)6-8-13/h4-8,11H,1,9-10,14H2,2-3H3. The van der Waals surface area contributed by atoms with E-state index in [0.29, 0.717) is 13.1 Å². The van der Waals surface area contributed by atoms with Crippen molar-refractivity contribution in [3.8, 4) is 0 Å². The van der Waals surface area contributed by atoms with Crippen molar-refractivity contribution in [3.63, 3.8) is 0 Å². The van der Waals surface area contributed by atoms with Crippen LogP contribution in [0.25, 0.3) is 0 Å². The lowest BCUT2D eigenvalue weighted by molar-refractivity contribution is 0.383. The second kappa shape index (κ2) is 6.13. The molecule has 0 aliphatic carbocycles. The molecule has 0 bridgehead atoms. The summed E-state index contributed by atoms with van der Waals surface area (Å²) in [6.07, 6.45) is 1.59. The summed E-state index contributed by atoms with van der Waals surface area (Å²) in [5.41, 5.74) is 6.40. The van der Waals surface area contributed by atoms with Crippen molar-refractivity contribution in [2.75, 3.05) is 6.54 Å². The van der Waals surface area contributed by atoms with E-state index in [1.807, 2.05) is 13.8 Å². The fourth-order valence-corrected chi connectivity index (χ4v) is 3.25. The van der Waals surface area contributed by atoms with Crippen molar-refractivity contribution in [1.82, 2.24) is 4.31 Å². The molecule has 0 amide bonds. The quantitative estimate of drug-likeness (QED) is 0.799. The summed E-state index contributed by atoms with van der Waals surface area (Å²) >= 11 is 0. The number of sulfonamides is 1. The zero-order valence-electron chi connectivity index (χ0n) is 10.8. The van der Waals surface area contributed by atoms with Gasteiger partial charge in [0.1, 0.15) is 0 Å². The van der Waals surface area contributed by atoms with E-state index in [0.717, 1.165) is 5.56 Å². The predicted octanol–water partition coefficient (Wildman–Crippen LogP) is 1.73. The number of nitrogens with two attached hydrogens (primary N) is 1. The van der Waals surface area contributed by atoms with Gasteiger partial charge >= 0.3 is 0 Å². The molecule has 0 aliphatic rings. The van der Waals surface area contributed by atoms with Gasteiger partial charge in [-0.1, -0.05) is 18.2 Å². The normalized spacial score (nSPS) is 12.1. The summed E-state index contributed by atoms with van der Waals surface area (Å²) in [5, 5.41) is 0. The molecule has 0 radical (unpaired) electrons. The van der Waals surface area contributed by atoms with E-state index in [1.165, 1.54) is 4.31 Å². The predicted molar refractivity (Wildman–Crippen MR) is 73.6 cm³/mol. The zero-order valence-corrected chi connectivity index (χ0v) is 11.7. The Morgan fingerprint density at radius 2 is 1.89 bits per heavy atom. The van der Waals surface area contributed by atoms with Crippen LogP contribution in [0, 0.1) is 0 Å². The fourth-order valence-electron chi connectivity index (χ4n) is 1.65. The van der Waals surface area contributed by atoms with Crippen molar-refractivity contribution >= 4 is 10.0 Å². The van der Waals surface area contributed by atoms with Gasteiger partial charge in [-0.2, -0.15) is 4.31 Å². The first-order chi connectivity index (χ1) is 8.43. The van der Waals surface area contributed by atoms with Gasteiger partial charge in [-0.3, -0.25) is 0 Å². The molecule has 4 nitrogen and oxygen atoms in total. The second-order valence-electron chi connectivity index (χ2n) is 4.31. The first kappa shape index (κ1) is 14.9. The van der Waals surface area contributed by atoms with E-state index in [1.54, 1.807) is 30.3 Å². The molecule has 5 heteroatoms. The lowest BCUT2D eigenvalue weighted by atomic mass is 10.2. The van der Waals surface area contributed by atoms with Crippen LogP contribution in [0.3, 0.4) is 0 Å². The average Bonchev–Trinajstić information content (AvgIpc) is 2.35. The van der Waals surface area contributed by atoms with Gasteiger partial charge in [0.2, 0.25) is 10.0 Å². The molecular weight excluding hydrogens is 248 g/mol. The largest absolute Gasteiger partial charge is 0.326 e. The molecular formula is C13H20N2O2S. The lowest BCUT2D eigenvalue weighted by Crippen LogP contribution is -2.36. The van der Waals surface area contributed by atoms with Crippen molar-refractivity contribution < 1.29 is 8.42 Å². The molecule has 0 atom stereocenters. The molecule has 0 saturated carbocycles. The topological polar surface area (TPSA) is 63.4 Å². The summed E-state index contributed by atoms with van der Waals surface area (Å²) < 4.78 is 26.2. The van der Waals surface area contributed by atoms with E-state index < -0.39 is 10.0 Å². The Morgan fingerprint density at radius 1 is 1.33 bits per heavy atom. The molecule has 0 fully saturated rings. The Labute approximate surface area is 109 Å². The zero-order chi connectivity index (χ0) is 13.8. The average molecular weight is 268 g/mol. The van der Waals surface area contributed by atoms with E-state index >= 15 is 0 Å². The number of hydrogen-bond acceptors (Lipinski definition) is 3. The molecule has 1 rings (SSSR count).